The van der Waals surface area contributed by atoms with Crippen molar-refractivity contribution in [2.24, 2.45) is 5.41 Å². The van der Waals surface area contributed by atoms with Gasteiger partial charge in [0.05, 0.1) is 27.9 Å². The standard InChI is InChI=1S/C32H41Cl2N3O4/c1-31(2,3)22-32(4,5)41-30(39)37-27-21-24(13-11-23(27)12-14-28(37)38)40-20-7-6-15-35-16-18-36(19-17-35)26-10-8-9-25(33)29(26)34/h8-14,21H,6-7,15-20,22H2,1-5H3. The second-order valence-corrected chi connectivity index (χ2v) is 13.3. The molecule has 0 radical (unpaired) electrons. The van der Waals surface area contributed by atoms with E-state index in [0.29, 0.717) is 34.3 Å². The summed E-state index contributed by atoms with van der Waals surface area (Å²) < 4.78 is 12.9. The van der Waals surface area contributed by atoms with Gasteiger partial charge in [0.2, 0.25) is 0 Å². The molecule has 1 saturated heterocycles. The molecule has 0 N–H and O–H groups in total. The first-order chi connectivity index (χ1) is 19.3. The first-order valence-electron chi connectivity index (χ1n) is 14.3. The maximum Gasteiger partial charge on any atom is 0.422 e. The summed E-state index contributed by atoms with van der Waals surface area (Å²) in [6, 6.07) is 14.3. The molecule has 9 heteroatoms. The molecule has 7 nitrogen and oxygen atoms in total. The van der Waals surface area contributed by atoms with Gasteiger partial charge in [-0.2, -0.15) is 0 Å². The second kappa shape index (κ2) is 13.1. The number of pyridine rings is 1. The number of unbranched alkanes of at least 4 members (excludes halogenated alkanes) is 1. The van der Waals surface area contributed by atoms with Gasteiger partial charge in [0.15, 0.2) is 0 Å². The van der Waals surface area contributed by atoms with Crippen LogP contribution in [0.3, 0.4) is 0 Å². The van der Waals surface area contributed by atoms with Gasteiger partial charge >= 0.3 is 6.09 Å². The Morgan fingerprint density at radius 3 is 2.34 bits per heavy atom. The highest BCUT2D eigenvalue weighted by atomic mass is 35.5. The molecule has 0 saturated carbocycles. The molecular formula is C32H41Cl2N3O4. The van der Waals surface area contributed by atoms with Gasteiger partial charge in [-0.3, -0.25) is 9.69 Å². The number of hydrogen-bond donors (Lipinski definition) is 0. The fraction of sp³-hybridized carbons (Fsp3) is 0.500. The zero-order valence-corrected chi connectivity index (χ0v) is 26.2. The summed E-state index contributed by atoms with van der Waals surface area (Å²) in [5.74, 6) is 0.616. The molecule has 0 amide bonds. The first kappa shape index (κ1) is 31.2. The third-order valence-electron chi connectivity index (χ3n) is 7.15. The normalized spacial score (nSPS) is 14.9. The van der Waals surface area contributed by atoms with Crippen molar-refractivity contribution in [2.75, 3.05) is 44.2 Å². The lowest BCUT2D eigenvalue weighted by Gasteiger charge is -2.36. The van der Waals surface area contributed by atoms with Gasteiger partial charge in [0.25, 0.3) is 5.56 Å². The summed E-state index contributed by atoms with van der Waals surface area (Å²) >= 11 is 12.6. The van der Waals surface area contributed by atoms with Gasteiger partial charge in [-0.1, -0.05) is 50.0 Å². The van der Waals surface area contributed by atoms with Gasteiger partial charge in [-0.05, 0) is 80.8 Å². The number of rotatable bonds is 9. The van der Waals surface area contributed by atoms with E-state index < -0.39 is 17.3 Å². The van der Waals surface area contributed by atoms with Crippen molar-refractivity contribution in [2.45, 2.75) is 59.5 Å². The SMILES string of the molecule is CC(C)(C)CC(C)(C)OC(=O)n1c(=O)ccc2ccc(OCCCCN3CCN(c4cccc(Cl)c4Cl)CC3)cc21. The van der Waals surface area contributed by atoms with Crippen molar-refractivity contribution < 1.29 is 14.3 Å². The van der Waals surface area contributed by atoms with Crippen LogP contribution in [0.15, 0.2) is 53.3 Å². The average Bonchev–Trinajstić information content (AvgIpc) is 2.88. The van der Waals surface area contributed by atoms with Crippen LogP contribution < -0.4 is 15.2 Å². The smallest absolute Gasteiger partial charge is 0.422 e. The van der Waals surface area contributed by atoms with Gasteiger partial charge in [-0.25, -0.2) is 9.36 Å². The third kappa shape index (κ3) is 8.40. The number of benzene rings is 2. The minimum Gasteiger partial charge on any atom is -0.494 e. The van der Waals surface area contributed by atoms with Crippen LogP contribution in [0.2, 0.25) is 10.0 Å². The van der Waals surface area contributed by atoms with Crippen LogP contribution in [0.1, 0.15) is 53.9 Å². The maximum atomic E-state index is 13.2. The van der Waals surface area contributed by atoms with E-state index in [9.17, 15) is 9.59 Å². The number of hydrogen-bond acceptors (Lipinski definition) is 6. The Morgan fingerprint density at radius 1 is 0.927 bits per heavy atom. The number of carbonyl (C=O) groups is 1. The van der Waals surface area contributed by atoms with Gasteiger partial charge in [-0.15, -0.1) is 0 Å². The summed E-state index contributed by atoms with van der Waals surface area (Å²) in [5, 5.41) is 1.97. The monoisotopic (exact) mass is 601 g/mol. The minimum absolute atomic E-state index is 0.0336. The second-order valence-electron chi connectivity index (χ2n) is 12.5. The lowest BCUT2D eigenvalue weighted by molar-refractivity contribution is 0.0109. The third-order valence-corrected chi connectivity index (χ3v) is 7.96. The zero-order valence-electron chi connectivity index (χ0n) is 24.7. The van der Waals surface area contributed by atoms with Crippen LogP contribution >= 0.6 is 23.2 Å². The summed E-state index contributed by atoms with van der Waals surface area (Å²) in [6.07, 6.45) is 1.88. The number of piperazine rings is 1. The van der Waals surface area contributed by atoms with E-state index in [1.165, 1.54) is 6.07 Å². The Morgan fingerprint density at radius 2 is 1.63 bits per heavy atom. The van der Waals surface area contributed by atoms with Crippen LogP contribution in [0, 0.1) is 5.41 Å². The predicted molar refractivity (Wildman–Crippen MR) is 168 cm³/mol. The van der Waals surface area contributed by atoms with Crippen LogP contribution in [0.5, 0.6) is 5.75 Å². The Bertz CT molecular complexity index is 1420. The van der Waals surface area contributed by atoms with Crippen LogP contribution in [-0.2, 0) is 4.74 Å². The van der Waals surface area contributed by atoms with E-state index in [4.69, 9.17) is 32.7 Å². The minimum atomic E-state index is -0.722. The lowest BCUT2D eigenvalue weighted by atomic mass is 9.84. The molecule has 0 bridgehead atoms. The van der Waals surface area contributed by atoms with Gasteiger partial charge in [0, 0.05) is 38.3 Å². The quantitative estimate of drug-likeness (QED) is 0.237. The van der Waals surface area contributed by atoms with E-state index in [0.717, 1.165) is 61.2 Å². The summed E-state index contributed by atoms with van der Waals surface area (Å²) in [4.78, 5) is 30.6. The van der Waals surface area contributed by atoms with Crippen LogP contribution in [0.4, 0.5) is 10.5 Å². The molecule has 4 rings (SSSR count). The van der Waals surface area contributed by atoms with E-state index >= 15 is 0 Å². The zero-order chi connectivity index (χ0) is 29.8. The molecule has 1 fully saturated rings. The van der Waals surface area contributed by atoms with Crippen molar-refractivity contribution in [3.8, 4) is 5.75 Å². The number of fused-ring (bicyclic) bond motifs is 1. The molecule has 41 heavy (non-hydrogen) atoms. The molecule has 1 aliphatic heterocycles. The van der Waals surface area contributed by atoms with Gasteiger partial charge in [0.1, 0.15) is 11.4 Å². The number of nitrogens with zero attached hydrogens (tertiary/aromatic N) is 3. The summed E-state index contributed by atoms with van der Waals surface area (Å²) in [6.45, 7) is 15.3. The number of aromatic nitrogens is 1. The number of halogens is 2. The molecule has 0 unspecified atom stereocenters. The Hall–Kier alpha value is -2.74. The van der Waals surface area contributed by atoms with Crippen molar-refractivity contribution in [3.05, 3.63) is 68.9 Å². The average molecular weight is 603 g/mol. The Balaban J connectivity index is 1.29. The molecule has 2 aromatic carbocycles. The molecule has 1 aromatic heterocycles. The predicted octanol–water partition coefficient (Wildman–Crippen LogP) is 7.49. The number of carbonyl (C=O) groups excluding carboxylic acids is 1. The maximum absolute atomic E-state index is 13.2. The molecule has 0 aliphatic carbocycles. The number of anilines is 1. The van der Waals surface area contributed by atoms with E-state index in [2.05, 4.69) is 30.6 Å². The molecule has 0 atom stereocenters. The van der Waals surface area contributed by atoms with E-state index in [1.807, 2.05) is 44.2 Å². The van der Waals surface area contributed by atoms with Crippen molar-refractivity contribution in [1.82, 2.24) is 9.47 Å². The van der Waals surface area contributed by atoms with Crippen molar-refractivity contribution >= 4 is 45.9 Å². The van der Waals surface area contributed by atoms with Crippen molar-refractivity contribution in [3.63, 3.8) is 0 Å². The Kier molecular flexibility index (Phi) is 9.93. The fourth-order valence-corrected chi connectivity index (χ4v) is 6.08. The van der Waals surface area contributed by atoms with E-state index in [-0.39, 0.29) is 5.41 Å². The molecule has 2 heterocycles. The largest absolute Gasteiger partial charge is 0.494 e. The molecule has 3 aromatic rings. The molecule has 0 spiro atoms. The summed E-state index contributed by atoms with van der Waals surface area (Å²) in [5.41, 5.74) is 0.289. The first-order valence-corrected chi connectivity index (χ1v) is 15.0. The highest BCUT2D eigenvalue weighted by Gasteiger charge is 2.30. The lowest BCUT2D eigenvalue weighted by Crippen LogP contribution is -2.46. The fourth-order valence-electron chi connectivity index (χ4n) is 5.66. The molecular weight excluding hydrogens is 561 g/mol. The van der Waals surface area contributed by atoms with Crippen LogP contribution in [0.25, 0.3) is 10.9 Å². The number of ether oxygens (including phenoxy) is 2. The molecule has 1 aliphatic rings. The highest BCUT2D eigenvalue weighted by Crippen LogP contribution is 2.33. The summed E-state index contributed by atoms with van der Waals surface area (Å²) in [7, 11) is 0. The van der Waals surface area contributed by atoms with Gasteiger partial charge < -0.3 is 14.4 Å². The highest BCUT2D eigenvalue weighted by molar-refractivity contribution is 6.43. The molecule has 222 valence electrons. The van der Waals surface area contributed by atoms with Crippen LogP contribution in [-0.4, -0.2) is 60.5 Å². The Labute approximate surface area is 252 Å². The van der Waals surface area contributed by atoms with Crippen molar-refractivity contribution in [1.29, 1.82) is 0 Å². The topological polar surface area (TPSA) is 64.0 Å². The van der Waals surface area contributed by atoms with E-state index in [1.54, 1.807) is 12.1 Å².